The zero-order valence-corrected chi connectivity index (χ0v) is 13.8. The van der Waals surface area contributed by atoms with Crippen molar-refractivity contribution in [3.8, 4) is 0 Å². The highest BCUT2D eigenvalue weighted by Crippen LogP contribution is 2.28. The normalized spacial score (nSPS) is 27.4. The number of aliphatic hydroxyl groups is 1. The van der Waals surface area contributed by atoms with E-state index in [1.807, 2.05) is 10.9 Å². The summed E-state index contributed by atoms with van der Waals surface area (Å²) < 4.78 is 1.90. The molecule has 2 aliphatic rings. The van der Waals surface area contributed by atoms with Crippen molar-refractivity contribution in [1.82, 2.24) is 19.9 Å². The Morgan fingerprint density at radius 3 is 2.64 bits per heavy atom. The van der Waals surface area contributed by atoms with Gasteiger partial charge in [-0.2, -0.15) is 0 Å². The maximum atomic E-state index is 10.1. The number of hydrogen-bond acceptors (Lipinski definition) is 4. The molecule has 0 unspecified atom stereocenters. The molecule has 0 bridgehead atoms. The molecule has 0 aliphatic heterocycles. The van der Waals surface area contributed by atoms with Crippen molar-refractivity contribution in [2.45, 2.75) is 76.5 Å². The molecule has 5 heteroatoms. The van der Waals surface area contributed by atoms with E-state index in [-0.39, 0.29) is 12.1 Å². The third kappa shape index (κ3) is 4.07. The van der Waals surface area contributed by atoms with Gasteiger partial charge in [0.2, 0.25) is 0 Å². The highest BCUT2D eigenvalue weighted by Gasteiger charge is 2.25. The van der Waals surface area contributed by atoms with Crippen molar-refractivity contribution in [1.29, 1.82) is 0 Å². The molecule has 0 aromatic carbocycles. The molecular formula is C17H30N4O. The van der Waals surface area contributed by atoms with Crippen LogP contribution in [-0.4, -0.2) is 44.7 Å². The van der Waals surface area contributed by atoms with E-state index in [2.05, 4.69) is 22.3 Å². The van der Waals surface area contributed by atoms with Crippen molar-refractivity contribution in [2.24, 2.45) is 5.92 Å². The lowest BCUT2D eigenvalue weighted by atomic mass is 9.89. The van der Waals surface area contributed by atoms with Crippen molar-refractivity contribution in [3.05, 3.63) is 11.9 Å². The van der Waals surface area contributed by atoms with Gasteiger partial charge >= 0.3 is 0 Å². The predicted molar refractivity (Wildman–Crippen MR) is 86.4 cm³/mol. The molecule has 5 nitrogen and oxygen atoms in total. The molecule has 2 atom stereocenters. The first-order chi connectivity index (χ1) is 10.7. The van der Waals surface area contributed by atoms with E-state index in [0.29, 0.717) is 0 Å². The summed E-state index contributed by atoms with van der Waals surface area (Å²) in [5, 5.41) is 18.7. The van der Waals surface area contributed by atoms with Crippen molar-refractivity contribution >= 4 is 0 Å². The fraction of sp³-hybridized carbons (Fsp3) is 0.882. The smallest absolute Gasteiger partial charge is 0.0967 e. The molecule has 124 valence electrons. The summed E-state index contributed by atoms with van der Waals surface area (Å²) in [5.74, 6) is 0.856. The van der Waals surface area contributed by atoms with Gasteiger partial charge in [0.1, 0.15) is 0 Å². The number of aliphatic hydroxyl groups excluding tert-OH is 1. The van der Waals surface area contributed by atoms with E-state index in [4.69, 9.17) is 0 Å². The van der Waals surface area contributed by atoms with E-state index in [9.17, 15) is 5.11 Å². The molecule has 1 heterocycles. The standard InChI is InChI=1S/C17H30N4O/c1-20(11-14-7-3-2-4-8-14)12-15-13-21(19-18-15)16-9-5-6-10-17(16)22/h13-14,16-17,22H,2-12H2,1H3/t16-,17-/m1/s1. The van der Waals surface area contributed by atoms with E-state index in [0.717, 1.165) is 37.4 Å². The highest BCUT2D eigenvalue weighted by atomic mass is 16.3. The Hall–Kier alpha value is -0.940. The van der Waals surface area contributed by atoms with Crippen LogP contribution in [0.3, 0.4) is 0 Å². The number of aromatic nitrogens is 3. The lowest BCUT2D eigenvalue weighted by Gasteiger charge is -2.27. The zero-order chi connectivity index (χ0) is 15.4. The first kappa shape index (κ1) is 15.9. The Bertz CT molecular complexity index is 455. The first-order valence-corrected chi connectivity index (χ1v) is 8.99. The van der Waals surface area contributed by atoms with Gasteiger partial charge in [-0.05, 0) is 38.6 Å². The summed E-state index contributed by atoms with van der Waals surface area (Å²) >= 11 is 0. The van der Waals surface area contributed by atoms with Crippen LogP contribution in [0.5, 0.6) is 0 Å². The van der Waals surface area contributed by atoms with Gasteiger partial charge in [-0.3, -0.25) is 0 Å². The Kier molecular flexibility index (Phi) is 5.47. The van der Waals surface area contributed by atoms with Crippen LogP contribution >= 0.6 is 0 Å². The van der Waals surface area contributed by atoms with Gasteiger partial charge in [0.15, 0.2) is 0 Å². The van der Waals surface area contributed by atoms with Gasteiger partial charge in [0.05, 0.1) is 24.0 Å². The maximum Gasteiger partial charge on any atom is 0.0967 e. The van der Waals surface area contributed by atoms with Crippen LogP contribution in [0.2, 0.25) is 0 Å². The molecule has 2 saturated carbocycles. The van der Waals surface area contributed by atoms with Gasteiger partial charge in [-0.1, -0.05) is 37.3 Å². The topological polar surface area (TPSA) is 54.2 Å². The van der Waals surface area contributed by atoms with Crippen LogP contribution in [0.25, 0.3) is 0 Å². The Morgan fingerprint density at radius 2 is 1.86 bits per heavy atom. The second-order valence-corrected chi connectivity index (χ2v) is 7.31. The Labute approximate surface area is 133 Å². The molecule has 22 heavy (non-hydrogen) atoms. The summed E-state index contributed by atoms with van der Waals surface area (Å²) in [6.07, 6.45) is 13.0. The molecule has 2 fully saturated rings. The monoisotopic (exact) mass is 306 g/mol. The van der Waals surface area contributed by atoms with Gasteiger partial charge in [0, 0.05) is 13.1 Å². The zero-order valence-electron chi connectivity index (χ0n) is 13.8. The molecule has 1 N–H and O–H groups in total. The minimum absolute atomic E-state index is 0.124. The van der Waals surface area contributed by atoms with E-state index in [1.54, 1.807) is 0 Å². The van der Waals surface area contributed by atoms with Gasteiger partial charge in [-0.25, -0.2) is 4.68 Å². The fourth-order valence-corrected chi connectivity index (χ4v) is 4.10. The third-order valence-electron chi connectivity index (χ3n) is 5.32. The molecule has 1 aromatic rings. The molecular weight excluding hydrogens is 276 g/mol. The molecule has 0 amide bonds. The first-order valence-electron chi connectivity index (χ1n) is 8.99. The number of hydrogen-bond donors (Lipinski definition) is 1. The van der Waals surface area contributed by atoms with Crippen LogP contribution in [0.15, 0.2) is 6.20 Å². The average Bonchev–Trinajstić information content (AvgIpc) is 2.97. The quantitative estimate of drug-likeness (QED) is 0.909. The van der Waals surface area contributed by atoms with Crippen LogP contribution in [-0.2, 0) is 6.54 Å². The Morgan fingerprint density at radius 1 is 1.14 bits per heavy atom. The molecule has 0 saturated heterocycles. The second-order valence-electron chi connectivity index (χ2n) is 7.31. The largest absolute Gasteiger partial charge is 0.391 e. The summed E-state index contributed by atoms with van der Waals surface area (Å²) in [7, 11) is 2.18. The van der Waals surface area contributed by atoms with Crippen LogP contribution in [0, 0.1) is 5.92 Å². The molecule has 0 spiro atoms. The fourth-order valence-electron chi connectivity index (χ4n) is 4.10. The summed E-state index contributed by atoms with van der Waals surface area (Å²) in [4.78, 5) is 2.38. The van der Waals surface area contributed by atoms with Gasteiger partial charge in [-0.15, -0.1) is 5.10 Å². The van der Waals surface area contributed by atoms with Gasteiger partial charge in [0.25, 0.3) is 0 Å². The SMILES string of the molecule is CN(Cc1cn([C@@H]2CCCC[C@H]2O)nn1)CC1CCCCC1. The van der Waals surface area contributed by atoms with Crippen LogP contribution in [0.4, 0.5) is 0 Å². The average molecular weight is 306 g/mol. The summed E-state index contributed by atoms with van der Waals surface area (Å²) in [6.45, 7) is 2.03. The van der Waals surface area contributed by atoms with Crippen molar-refractivity contribution in [3.63, 3.8) is 0 Å². The lowest BCUT2D eigenvalue weighted by Crippen LogP contribution is -2.28. The molecule has 2 aliphatic carbocycles. The highest BCUT2D eigenvalue weighted by molar-refractivity contribution is 4.95. The molecule has 1 aromatic heterocycles. The number of rotatable bonds is 5. The summed E-state index contributed by atoms with van der Waals surface area (Å²) in [6, 6.07) is 0.124. The van der Waals surface area contributed by atoms with E-state index < -0.39 is 0 Å². The third-order valence-corrected chi connectivity index (χ3v) is 5.32. The predicted octanol–water partition coefficient (Wildman–Crippen LogP) is 2.77. The minimum atomic E-state index is -0.261. The Balaban J connectivity index is 1.52. The number of nitrogens with zero attached hydrogens (tertiary/aromatic N) is 4. The molecule has 3 rings (SSSR count). The maximum absolute atomic E-state index is 10.1. The van der Waals surface area contributed by atoms with E-state index >= 15 is 0 Å². The van der Waals surface area contributed by atoms with Gasteiger partial charge < -0.3 is 10.0 Å². The van der Waals surface area contributed by atoms with Crippen LogP contribution < -0.4 is 0 Å². The van der Waals surface area contributed by atoms with Crippen molar-refractivity contribution < 1.29 is 5.11 Å². The minimum Gasteiger partial charge on any atom is -0.391 e. The molecule has 0 radical (unpaired) electrons. The van der Waals surface area contributed by atoms with E-state index in [1.165, 1.54) is 45.1 Å². The second kappa shape index (κ2) is 7.55. The summed E-state index contributed by atoms with van der Waals surface area (Å²) in [5.41, 5.74) is 1.02. The lowest BCUT2D eigenvalue weighted by molar-refractivity contribution is 0.0685. The van der Waals surface area contributed by atoms with Crippen LogP contribution in [0.1, 0.15) is 69.5 Å². The van der Waals surface area contributed by atoms with Crippen molar-refractivity contribution in [2.75, 3.05) is 13.6 Å².